The topological polar surface area (TPSA) is 44.5 Å². The van der Waals surface area contributed by atoms with Crippen LogP contribution in [0.5, 0.6) is 0 Å². The molecule has 0 amide bonds. The summed E-state index contributed by atoms with van der Waals surface area (Å²) in [6.45, 7) is 2.00. The first kappa shape index (κ1) is 9.90. The number of nitrogens with zero attached hydrogens (tertiary/aromatic N) is 1. The van der Waals surface area contributed by atoms with Crippen molar-refractivity contribution in [1.29, 1.82) is 0 Å². The molecule has 3 heteroatoms. The van der Waals surface area contributed by atoms with Crippen LogP contribution in [-0.4, -0.2) is 15.0 Å². The first-order chi connectivity index (χ1) is 8.34. The fraction of sp³-hybridized carbons (Fsp3) is 0.0714. The maximum Gasteiger partial charge on any atom is 0.0727 e. The van der Waals surface area contributed by atoms with E-state index >= 15 is 0 Å². The molecule has 3 heterocycles. The Balaban J connectivity index is 2.14. The third-order valence-corrected chi connectivity index (χ3v) is 2.78. The lowest BCUT2D eigenvalue weighted by molar-refractivity contribution is 1.20. The van der Waals surface area contributed by atoms with Gasteiger partial charge in [-0.2, -0.15) is 0 Å². The number of nitrogens with one attached hydrogen (secondary N) is 2. The molecule has 0 spiro atoms. The van der Waals surface area contributed by atoms with Gasteiger partial charge in [-0.25, -0.2) is 0 Å². The number of rotatable bonds is 2. The van der Waals surface area contributed by atoms with Gasteiger partial charge in [-0.1, -0.05) is 6.07 Å². The number of aromatic nitrogens is 3. The summed E-state index contributed by atoms with van der Waals surface area (Å²) in [5.41, 5.74) is 5.30. The predicted molar refractivity (Wildman–Crippen MR) is 68.5 cm³/mol. The Bertz CT molecular complexity index is 620. The van der Waals surface area contributed by atoms with E-state index in [1.807, 2.05) is 49.6 Å². The van der Waals surface area contributed by atoms with E-state index in [4.69, 9.17) is 0 Å². The van der Waals surface area contributed by atoms with E-state index in [1.165, 1.54) is 0 Å². The molecular formula is C14H13N3. The zero-order valence-electron chi connectivity index (χ0n) is 9.57. The fourth-order valence-electron chi connectivity index (χ4n) is 1.98. The fourth-order valence-corrected chi connectivity index (χ4v) is 1.98. The highest BCUT2D eigenvalue weighted by atomic mass is 14.8. The Morgan fingerprint density at radius 3 is 2.65 bits per heavy atom. The van der Waals surface area contributed by atoms with Crippen LogP contribution in [0, 0.1) is 6.92 Å². The monoisotopic (exact) mass is 223 g/mol. The predicted octanol–water partition coefficient (Wildman–Crippen LogP) is 3.38. The summed E-state index contributed by atoms with van der Waals surface area (Å²) in [5, 5.41) is 0. The van der Waals surface area contributed by atoms with Crippen molar-refractivity contribution in [1.82, 2.24) is 15.0 Å². The first-order valence-corrected chi connectivity index (χ1v) is 5.60. The molecule has 0 unspecified atom stereocenters. The van der Waals surface area contributed by atoms with Gasteiger partial charge < -0.3 is 9.97 Å². The quantitative estimate of drug-likeness (QED) is 0.687. The second-order valence-corrected chi connectivity index (χ2v) is 4.01. The Labute approximate surface area is 99.5 Å². The smallest absolute Gasteiger partial charge is 0.0727 e. The Kier molecular flexibility index (Phi) is 2.29. The van der Waals surface area contributed by atoms with Crippen molar-refractivity contribution >= 4 is 0 Å². The molecule has 0 atom stereocenters. The summed E-state index contributed by atoms with van der Waals surface area (Å²) in [5.74, 6) is 0. The van der Waals surface area contributed by atoms with E-state index in [-0.39, 0.29) is 0 Å². The summed E-state index contributed by atoms with van der Waals surface area (Å²) in [6, 6.07) is 12.2. The molecule has 3 nitrogen and oxygen atoms in total. The van der Waals surface area contributed by atoms with Crippen LogP contribution in [0.25, 0.3) is 22.6 Å². The van der Waals surface area contributed by atoms with Crippen LogP contribution in [-0.2, 0) is 0 Å². The van der Waals surface area contributed by atoms with E-state index in [0.29, 0.717) is 0 Å². The highest BCUT2D eigenvalue weighted by molar-refractivity contribution is 5.77. The minimum atomic E-state index is 0.996. The Morgan fingerprint density at radius 2 is 1.88 bits per heavy atom. The largest absolute Gasteiger partial charge is 0.360 e. The number of aromatic amines is 2. The Morgan fingerprint density at radius 1 is 0.941 bits per heavy atom. The van der Waals surface area contributed by atoms with Crippen LogP contribution >= 0.6 is 0 Å². The number of hydrogen-bond acceptors (Lipinski definition) is 1. The van der Waals surface area contributed by atoms with Crippen molar-refractivity contribution < 1.29 is 0 Å². The van der Waals surface area contributed by atoms with Gasteiger partial charge in [-0.15, -0.1) is 0 Å². The average Bonchev–Trinajstić information content (AvgIpc) is 3.00. The summed E-state index contributed by atoms with van der Waals surface area (Å²) in [7, 11) is 0. The van der Waals surface area contributed by atoms with Crippen LogP contribution in [0.2, 0.25) is 0 Å². The van der Waals surface area contributed by atoms with Gasteiger partial charge >= 0.3 is 0 Å². The summed E-state index contributed by atoms with van der Waals surface area (Å²) >= 11 is 0. The highest BCUT2D eigenvalue weighted by Gasteiger charge is 2.09. The number of H-pyrrole nitrogens is 2. The lowest BCUT2D eigenvalue weighted by atomic mass is 10.1. The van der Waals surface area contributed by atoms with Crippen molar-refractivity contribution in [2.45, 2.75) is 6.92 Å². The lowest BCUT2D eigenvalue weighted by Crippen LogP contribution is -1.87. The van der Waals surface area contributed by atoms with Gasteiger partial charge in [0.25, 0.3) is 0 Å². The van der Waals surface area contributed by atoms with Crippen LogP contribution in [0.3, 0.4) is 0 Å². The molecule has 2 N–H and O–H groups in total. The van der Waals surface area contributed by atoms with E-state index < -0.39 is 0 Å². The molecule has 3 rings (SSSR count). The molecule has 0 saturated heterocycles. The zero-order chi connectivity index (χ0) is 11.7. The maximum atomic E-state index is 4.55. The average molecular weight is 223 g/mol. The second kappa shape index (κ2) is 3.94. The van der Waals surface area contributed by atoms with Gasteiger partial charge in [0.15, 0.2) is 0 Å². The molecule has 0 radical (unpaired) electrons. The van der Waals surface area contributed by atoms with Gasteiger partial charge in [0.1, 0.15) is 0 Å². The SMILES string of the molecule is Cc1cccc(-c2cc[nH]c2-c2ccc[nH]2)n1. The van der Waals surface area contributed by atoms with Crippen molar-refractivity contribution in [3.05, 3.63) is 54.5 Å². The third kappa shape index (κ3) is 1.76. The molecule has 0 aliphatic rings. The zero-order valence-corrected chi connectivity index (χ0v) is 9.57. The van der Waals surface area contributed by atoms with Gasteiger partial charge in [0.2, 0.25) is 0 Å². The molecule has 0 saturated carbocycles. The van der Waals surface area contributed by atoms with Crippen molar-refractivity contribution in [3.8, 4) is 22.6 Å². The molecule has 3 aromatic heterocycles. The van der Waals surface area contributed by atoms with Crippen molar-refractivity contribution in [3.63, 3.8) is 0 Å². The van der Waals surface area contributed by atoms with Gasteiger partial charge in [0.05, 0.1) is 17.1 Å². The molecule has 0 bridgehead atoms. The molecule has 0 aliphatic heterocycles. The Hall–Kier alpha value is -2.29. The van der Waals surface area contributed by atoms with E-state index in [2.05, 4.69) is 21.0 Å². The van der Waals surface area contributed by atoms with E-state index in [1.54, 1.807) is 0 Å². The molecule has 3 aromatic rings. The molecule has 0 fully saturated rings. The summed E-state index contributed by atoms with van der Waals surface area (Å²) in [4.78, 5) is 11.0. The molecule has 17 heavy (non-hydrogen) atoms. The third-order valence-electron chi connectivity index (χ3n) is 2.78. The highest BCUT2D eigenvalue weighted by Crippen LogP contribution is 2.28. The number of hydrogen-bond donors (Lipinski definition) is 2. The van der Waals surface area contributed by atoms with Gasteiger partial charge in [-0.05, 0) is 37.3 Å². The van der Waals surface area contributed by atoms with Crippen LogP contribution in [0.1, 0.15) is 5.69 Å². The summed E-state index contributed by atoms with van der Waals surface area (Å²) < 4.78 is 0. The van der Waals surface area contributed by atoms with E-state index in [9.17, 15) is 0 Å². The molecule has 84 valence electrons. The number of pyridine rings is 1. The van der Waals surface area contributed by atoms with Crippen molar-refractivity contribution in [2.24, 2.45) is 0 Å². The van der Waals surface area contributed by atoms with Crippen molar-refractivity contribution in [2.75, 3.05) is 0 Å². The van der Waals surface area contributed by atoms with Crippen LogP contribution in [0.4, 0.5) is 0 Å². The summed E-state index contributed by atoms with van der Waals surface area (Å²) in [6.07, 6.45) is 3.86. The minimum Gasteiger partial charge on any atom is -0.360 e. The standard InChI is InChI=1S/C14H13N3/c1-10-4-2-5-12(17-10)11-7-9-16-14(11)13-6-3-8-15-13/h2-9,15-16H,1H3. The van der Waals surface area contributed by atoms with E-state index in [0.717, 1.165) is 28.3 Å². The van der Waals surface area contributed by atoms with Crippen LogP contribution < -0.4 is 0 Å². The lowest BCUT2D eigenvalue weighted by Gasteiger charge is -2.03. The minimum absolute atomic E-state index is 0.996. The molecule has 0 aliphatic carbocycles. The van der Waals surface area contributed by atoms with Crippen LogP contribution in [0.15, 0.2) is 48.8 Å². The maximum absolute atomic E-state index is 4.55. The first-order valence-electron chi connectivity index (χ1n) is 5.60. The second-order valence-electron chi connectivity index (χ2n) is 4.01. The van der Waals surface area contributed by atoms with Gasteiger partial charge in [0, 0.05) is 23.7 Å². The normalized spacial score (nSPS) is 10.6. The molecular weight excluding hydrogens is 210 g/mol. The van der Waals surface area contributed by atoms with Gasteiger partial charge in [-0.3, -0.25) is 4.98 Å². The molecule has 0 aromatic carbocycles. The number of aryl methyl sites for hydroxylation is 1.